The van der Waals surface area contributed by atoms with E-state index in [0.29, 0.717) is 37.4 Å². The summed E-state index contributed by atoms with van der Waals surface area (Å²) in [5, 5.41) is 10.5. The van der Waals surface area contributed by atoms with E-state index in [4.69, 9.17) is 0 Å². The summed E-state index contributed by atoms with van der Waals surface area (Å²) in [4.78, 5) is 23.1. The number of allylic oxidation sites excluding steroid dienone is 2. The van der Waals surface area contributed by atoms with E-state index in [9.17, 15) is 14.7 Å². The molecule has 1 unspecified atom stereocenters. The Morgan fingerprint density at radius 2 is 1.88 bits per heavy atom. The van der Waals surface area contributed by atoms with Crippen LogP contribution in [0.5, 0.6) is 0 Å². The molecule has 0 spiro atoms. The number of ketones is 1. The van der Waals surface area contributed by atoms with Crippen molar-refractivity contribution in [2.24, 2.45) is 11.8 Å². The van der Waals surface area contributed by atoms with E-state index in [1.54, 1.807) is 0 Å². The molecule has 1 aliphatic rings. The highest BCUT2D eigenvalue weighted by molar-refractivity contribution is 7.81. The Balaban J connectivity index is 2.36. The zero-order chi connectivity index (χ0) is 19.4. The normalized spacial score (nSPS) is 25.7. The van der Waals surface area contributed by atoms with Crippen LogP contribution in [-0.4, -0.2) is 35.3 Å². The van der Waals surface area contributed by atoms with Crippen molar-refractivity contribution in [3.8, 4) is 0 Å². The van der Waals surface area contributed by atoms with Gasteiger partial charge in [0.1, 0.15) is 5.78 Å². The molecule has 0 bridgehead atoms. The van der Waals surface area contributed by atoms with Crippen LogP contribution in [0.3, 0.4) is 0 Å². The summed E-state index contributed by atoms with van der Waals surface area (Å²) in [6.07, 6.45) is 12.8. The molecule has 1 N–H and O–H groups in total. The lowest BCUT2D eigenvalue weighted by molar-refractivity contribution is -0.140. The largest absolute Gasteiger partial charge is 0.469 e. The molecule has 0 aromatic rings. The molecule has 0 aromatic carbocycles. The summed E-state index contributed by atoms with van der Waals surface area (Å²) in [5.41, 5.74) is 0. The molecule has 1 fully saturated rings. The summed E-state index contributed by atoms with van der Waals surface area (Å²) in [7, 11) is 1.40. The second-order valence-electron chi connectivity index (χ2n) is 7.41. The number of methoxy groups -OCH3 is 1. The molecule has 0 amide bonds. The van der Waals surface area contributed by atoms with Gasteiger partial charge in [-0.25, -0.2) is 0 Å². The van der Waals surface area contributed by atoms with Gasteiger partial charge in [0.15, 0.2) is 0 Å². The molecule has 0 aliphatic heterocycles. The van der Waals surface area contributed by atoms with Crippen molar-refractivity contribution in [2.45, 2.75) is 88.9 Å². The second kappa shape index (κ2) is 13.4. The minimum Gasteiger partial charge on any atom is -0.469 e. The molecule has 0 saturated heterocycles. The highest BCUT2D eigenvalue weighted by atomic mass is 32.1. The smallest absolute Gasteiger partial charge is 0.305 e. The number of esters is 1. The zero-order valence-electron chi connectivity index (χ0n) is 16.4. The van der Waals surface area contributed by atoms with Crippen LogP contribution in [0.1, 0.15) is 77.6 Å². The third-order valence-corrected chi connectivity index (χ3v) is 5.99. The molecule has 4 nitrogen and oxygen atoms in total. The summed E-state index contributed by atoms with van der Waals surface area (Å²) < 4.78 is 4.62. The van der Waals surface area contributed by atoms with Crippen molar-refractivity contribution in [1.82, 2.24) is 0 Å². The molecule has 0 aromatic heterocycles. The highest BCUT2D eigenvalue weighted by Crippen LogP contribution is 2.41. The number of ether oxygens (including phenoxy) is 1. The average Bonchev–Trinajstić information content (AvgIpc) is 2.89. The number of hydrogen-bond donors (Lipinski definition) is 2. The molecule has 0 radical (unpaired) electrons. The van der Waals surface area contributed by atoms with E-state index in [2.05, 4.69) is 36.4 Å². The number of carbonyl (C=O) groups is 2. The molecule has 1 aliphatic carbocycles. The predicted octanol–water partition coefficient (Wildman–Crippen LogP) is 4.50. The van der Waals surface area contributed by atoms with Gasteiger partial charge in [0.25, 0.3) is 0 Å². The highest BCUT2D eigenvalue weighted by Gasteiger charge is 2.39. The van der Waals surface area contributed by atoms with Crippen LogP contribution >= 0.6 is 12.6 Å². The van der Waals surface area contributed by atoms with Gasteiger partial charge in [-0.15, -0.1) is 0 Å². The van der Waals surface area contributed by atoms with Crippen molar-refractivity contribution in [2.75, 3.05) is 7.11 Å². The Labute approximate surface area is 164 Å². The number of unbranched alkanes of at least 4 members (excludes halogenated alkanes) is 3. The van der Waals surface area contributed by atoms with Crippen molar-refractivity contribution in [3.05, 3.63) is 12.2 Å². The average molecular weight is 385 g/mol. The van der Waals surface area contributed by atoms with Crippen LogP contribution in [0.2, 0.25) is 0 Å². The van der Waals surface area contributed by atoms with Gasteiger partial charge in [-0.2, -0.15) is 12.6 Å². The van der Waals surface area contributed by atoms with Gasteiger partial charge in [0.05, 0.1) is 13.2 Å². The number of Topliss-reactive ketones (excluding diaryl/α,β-unsaturated/α-hetero) is 1. The maximum absolute atomic E-state index is 12.0. The van der Waals surface area contributed by atoms with E-state index in [-0.39, 0.29) is 23.2 Å². The van der Waals surface area contributed by atoms with Crippen molar-refractivity contribution < 1.29 is 19.4 Å². The maximum atomic E-state index is 12.0. The van der Waals surface area contributed by atoms with Gasteiger partial charge in [-0.05, 0) is 50.4 Å². The zero-order valence-corrected chi connectivity index (χ0v) is 17.3. The topological polar surface area (TPSA) is 63.6 Å². The molecule has 1 rings (SSSR count). The first kappa shape index (κ1) is 23.2. The third kappa shape index (κ3) is 8.72. The Bertz CT molecular complexity index is 449. The van der Waals surface area contributed by atoms with Gasteiger partial charge < -0.3 is 9.84 Å². The molecule has 0 heterocycles. The van der Waals surface area contributed by atoms with E-state index in [1.807, 2.05) is 0 Å². The molecular weight excluding hydrogens is 348 g/mol. The maximum Gasteiger partial charge on any atom is 0.305 e. The number of aliphatic hydroxyl groups is 1. The third-order valence-electron chi connectivity index (χ3n) is 5.39. The molecule has 26 heavy (non-hydrogen) atoms. The first-order valence-corrected chi connectivity index (χ1v) is 10.6. The van der Waals surface area contributed by atoms with Crippen LogP contribution in [0.25, 0.3) is 0 Å². The number of rotatable bonds is 13. The molecule has 1 saturated carbocycles. The Morgan fingerprint density at radius 3 is 2.58 bits per heavy atom. The fourth-order valence-corrected chi connectivity index (χ4v) is 4.35. The molecule has 150 valence electrons. The molecular formula is C21H36O4S. The number of aliphatic hydroxyl groups excluding tert-OH is 1. The van der Waals surface area contributed by atoms with Crippen LogP contribution in [0.4, 0.5) is 0 Å². The molecule has 4 atom stereocenters. The Kier molecular flexibility index (Phi) is 11.9. The van der Waals surface area contributed by atoms with E-state index in [1.165, 1.54) is 7.11 Å². The SMILES string of the molecule is CCCCCC(=O)CC[C@H]1C(S)C[C@H](O)[C@@H]1C/C=C\CCCC(=O)OC. The fourth-order valence-electron chi connectivity index (χ4n) is 3.77. The van der Waals surface area contributed by atoms with Crippen molar-refractivity contribution in [3.63, 3.8) is 0 Å². The summed E-state index contributed by atoms with van der Waals surface area (Å²) in [5.74, 6) is 0.643. The Morgan fingerprint density at radius 1 is 1.12 bits per heavy atom. The van der Waals surface area contributed by atoms with E-state index < -0.39 is 0 Å². The number of carbonyl (C=O) groups excluding carboxylic acids is 2. The van der Waals surface area contributed by atoms with Gasteiger partial charge in [-0.1, -0.05) is 31.9 Å². The van der Waals surface area contributed by atoms with Crippen molar-refractivity contribution >= 4 is 24.4 Å². The summed E-state index contributed by atoms with van der Waals surface area (Å²) in [6, 6.07) is 0. The van der Waals surface area contributed by atoms with Gasteiger partial charge in [-0.3, -0.25) is 9.59 Å². The van der Waals surface area contributed by atoms with E-state index in [0.717, 1.165) is 44.9 Å². The Hall–Kier alpha value is -0.810. The van der Waals surface area contributed by atoms with Crippen LogP contribution < -0.4 is 0 Å². The van der Waals surface area contributed by atoms with Crippen molar-refractivity contribution in [1.29, 1.82) is 0 Å². The number of hydrogen-bond acceptors (Lipinski definition) is 5. The quantitative estimate of drug-likeness (QED) is 0.212. The van der Waals surface area contributed by atoms with Crippen LogP contribution in [-0.2, 0) is 14.3 Å². The van der Waals surface area contributed by atoms with E-state index >= 15 is 0 Å². The van der Waals surface area contributed by atoms with Gasteiger partial charge >= 0.3 is 5.97 Å². The number of thiol groups is 1. The van der Waals surface area contributed by atoms with Crippen LogP contribution in [0, 0.1) is 11.8 Å². The fraction of sp³-hybridized carbons (Fsp3) is 0.810. The lowest BCUT2D eigenvalue weighted by Gasteiger charge is -2.22. The minimum absolute atomic E-state index is 0.172. The van der Waals surface area contributed by atoms with Gasteiger partial charge in [0.2, 0.25) is 0 Å². The summed E-state index contributed by atoms with van der Waals surface area (Å²) in [6.45, 7) is 2.14. The monoisotopic (exact) mass is 384 g/mol. The predicted molar refractivity (Wildman–Crippen MR) is 108 cm³/mol. The van der Waals surface area contributed by atoms with Crippen LogP contribution in [0.15, 0.2) is 12.2 Å². The van der Waals surface area contributed by atoms with Gasteiger partial charge in [0, 0.05) is 24.5 Å². The lowest BCUT2D eigenvalue weighted by atomic mass is 9.86. The first-order valence-electron chi connectivity index (χ1n) is 10.1. The summed E-state index contributed by atoms with van der Waals surface area (Å²) >= 11 is 4.66. The second-order valence-corrected chi connectivity index (χ2v) is 8.07. The standard InChI is InChI=1S/C21H36O4S/c1-3-4-7-10-16(22)13-14-18-17(19(23)15-20(18)26)11-8-5-6-9-12-21(24)25-2/h5,8,17-20,23,26H,3-4,6-7,9-15H2,1-2H3/b8-5-/t17-,18-,19+,20?/m1/s1. The lowest BCUT2D eigenvalue weighted by Crippen LogP contribution is -2.21. The first-order chi connectivity index (χ1) is 12.5. The minimum atomic E-state index is -0.336. The molecule has 5 heteroatoms.